The molecule has 0 bridgehead atoms. The highest BCUT2D eigenvalue weighted by Gasteiger charge is 1.98. The quantitative estimate of drug-likeness (QED) is 0.630. The summed E-state index contributed by atoms with van der Waals surface area (Å²) >= 11 is 0. The van der Waals surface area contributed by atoms with Crippen molar-refractivity contribution in [2.45, 2.75) is 0 Å². The SMILES string of the molecule is Nc1cc(F)cc(NCCOc2ccccc2)c1. The summed E-state index contributed by atoms with van der Waals surface area (Å²) in [5, 5.41) is 3.05. The van der Waals surface area contributed by atoms with Gasteiger partial charge in [-0.25, -0.2) is 4.39 Å². The summed E-state index contributed by atoms with van der Waals surface area (Å²) in [5.74, 6) is 0.472. The highest BCUT2D eigenvalue weighted by molar-refractivity contribution is 5.54. The van der Waals surface area contributed by atoms with Crippen LogP contribution in [-0.4, -0.2) is 13.2 Å². The third kappa shape index (κ3) is 3.66. The predicted molar refractivity (Wildman–Crippen MR) is 71.2 cm³/mol. The fraction of sp³-hybridized carbons (Fsp3) is 0.143. The number of rotatable bonds is 5. The van der Waals surface area contributed by atoms with Gasteiger partial charge in [0.25, 0.3) is 0 Å². The van der Waals surface area contributed by atoms with Gasteiger partial charge in [-0.2, -0.15) is 0 Å². The average molecular weight is 246 g/mol. The Hall–Kier alpha value is -2.23. The van der Waals surface area contributed by atoms with E-state index in [1.807, 2.05) is 30.3 Å². The van der Waals surface area contributed by atoms with Crippen molar-refractivity contribution in [2.24, 2.45) is 0 Å². The molecule has 0 saturated heterocycles. The van der Waals surface area contributed by atoms with Crippen molar-refractivity contribution in [1.82, 2.24) is 0 Å². The Kier molecular flexibility index (Phi) is 4.02. The van der Waals surface area contributed by atoms with Crippen LogP contribution in [-0.2, 0) is 0 Å². The molecule has 0 aliphatic carbocycles. The van der Waals surface area contributed by atoms with Crippen LogP contribution in [0.1, 0.15) is 0 Å². The second-order valence-corrected chi connectivity index (χ2v) is 3.86. The third-order valence-corrected chi connectivity index (χ3v) is 2.36. The highest BCUT2D eigenvalue weighted by Crippen LogP contribution is 2.15. The second kappa shape index (κ2) is 5.91. The molecule has 0 heterocycles. The Morgan fingerprint density at radius 3 is 2.61 bits per heavy atom. The van der Waals surface area contributed by atoms with Gasteiger partial charge in [0.1, 0.15) is 18.2 Å². The van der Waals surface area contributed by atoms with Gasteiger partial charge in [0.15, 0.2) is 0 Å². The van der Waals surface area contributed by atoms with Gasteiger partial charge in [0.2, 0.25) is 0 Å². The third-order valence-electron chi connectivity index (χ3n) is 2.36. The highest BCUT2D eigenvalue weighted by atomic mass is 19.1. The fourth-order valence-electron chi connectivity index (χ4n) is 1.60. The lowest BCUT2D eigenvalue weighted by Gasteiger charge is -2.09. The van der Waals surface area contributed by atoms with Crippen LogP contribution in [0.3, 0.4) is 0 Å². The van der Waals surface area contributed by atoms with Crippen LogP contribution in [0.25, 0.3) is 0 Å². The molecule has 0 aromatic heterocycles. The molecule has 0 atom stereocenters. The van der Waals surface area contributed by atoms with E-state index in [1.54, 1.807) is 6.07 Å². The van der Waals surface area contributed by atoms with Crippen molar-refractivity contribution in [3.8, 4) is 5.75 Å². The van der Waals surface area contributed by atoms with Crippen molar-refractivity contribution in [3.05, 3.63) is 54.3 Å². The lowest BCUT2D eigenvalue weighted by molar-refractivity contribution is 0.333. The second-order valence-electron chi connectivity index (χ2n) is 3.86. The number of halogens is 1. The van der Waals surface area contributed by atoms with E-state index in [0.29, 0.717) is 24.5 Å². The van der Waals surface area contributed by atoms with E-state index >= 15 is 0 Å². The molecule has 2 aromatic carbocycles. The van der Waals surface area contributed by atoms with E-state index in [1.165, 1.54) is 12.1 Å². The summed E-state index contributed by atoms with van der Waals surface area (Å²) in [5.41, 5.74) is 6.60. The molecule has 0 fully saturated rings. The lowest BCUT2D eigenvalue weighted by atomic mass is 10.2. The summed E-state index contributed by atoms with van der Waals surface area (Å²) < 4.78 is 18.6. The molecule has 94 valence electrons. The molecule has 3 N–H and O–H groups in total. The van der Waals surface area contributed by atoms with Crippen molar-refractivity contribution >= 4 is 11.4 Å². The minimum atomic E-state index is -0.346. The first-order valence-electron chi connectivity index (χ1n) is 5.72. The Morgan fingerprint density at radius 1 is 1.11 bits per heavy atom. The smallest absolute Gasteiger partial charge is 0.127 e. The Bertz CT molecular complexity index is 482. The number of nitrogens with one attached hydrogen (secondary N) is 1. The zero-order valence-electron chi connectivity index (χ0n) is 9.90. The normalized spacial score (nSPS) is 10.1. The average Bonchev–Trinajstić information content (AvgIpc) is 2.35. The molecule has 0 aliphatic rings. The number of benzene rings is 2. The largest absolute Gasteiger partial charge is 0.492 e. The van der Waals surface area contributed by atoms with Crippen LogP contribution in [0.2, 0.25) is 0 Å². The molecule has 0 unspecified atom stereocenters. The van der Waals surface area contributed by atoms with Crippen LogP contribution in [0.4, 0.5) is 15.8 Å². The molecule has 0 spiro atoms. The number of para-hydroxylation sites is 1. The maximum Gasteiger partial charge on any atom is 0.127 e. The number of ether oxygens (including phenoxy) is 1. The van der Waals surface area contributed by atoms with Crippen molar-refractivity contribution in [2.75, 3.05) is 24.2 Å². The minimum Gasteiger partial charge on any atom is -0.492 e. The van der Waals surface area contributed by atoms with Gasteiger partial charge in [-0.1, -0.05) is 18.2 Å². The van der Waals surface area contributed by atoms with Gasteiger partial charge in [-0.05, 0) is 30.3 Å². The summed E-state index contributed by atoms with van der Waals surface area (Å²) in [6, 6.07) is 13.9. The molecular formula is C14H15FN2O. The first-order chi connectivity index (χ1) is 8.74. The van der Waals surface area contributed by atoms with E-state index in [9.17, 15) is 4.39 Å². The predicted octanol–water partition coefficient (Wildman–Crippen LogP) is 2.90. The molecule has 0 radical (unpaired) electrons. The van der Waals surface area contributed by atoms with Crippen molar-refractivity contribution < 1.29 is 9.13 Å². The Balaban J connectivity index is 1.78. The number of nitrogen functional groups attached to an aromatic ring is 1. The van der Waals surface area contributed by atoms with Crippen molar-refractivity contribution in [3.63, 3.8) is 0 Å². The minimum absolute atomic E-state index is 0.346. The number of hydrogen-bond donors (Lipinski definition) is 2. The first-order valence-corrected chi connectivity index (χ1v) is 5.72. The molecule has 2 aromatic rings. The molecule has 0 amide bonds. The molecule has 4 heteroatoms. The van der Waals surface area contributed by atoms with Crippen LogP contribution < -0.4 is 15.8 Å². The monoisotopic (exact) mass is 246 g/mol. The van der Waals surface area contributed by atoms with Crippen LogP contribution in [0, 0.1) is 5.82 Å². The number of hydrogen-bond acceptors (Lipinski definition) is 3. The van der Waals surface area contributed by atoms with Gasteiger partial charge in [-0.3, -0.25) is 0 Å². The Labute approximate surface area is 105 Å². The van der Waals surface area contributed by atoms with Gasteiger partial charge in [0, 0.05) is 17.9 Å². The van der Waals surface area contributed by atoms with Crippen molar-refractivity contribution in [1.29, 1.82) is 0 Å². The molecule has 0 aliphatic heterocycles. The van der Waals surface area contributed by atoms with Crippen LogP contribution >= 0.6 is 0 Å². The standard InChI is InChI=1S/C14H15FN2O/c15-11-8-12(16)10-13(9-11)17-6-7-18-14-4-2-1-3-5-14/h1-5,8-10,17H,6-7,16H2. The molecule has 3 nitrogen and oxygen atoms in total. The topological polar surface area (TPSA) is 47.3 Å². The van der Waals surface area contributed by atoms with E-state index < -0.39 is 0 Å². The lowest BCUT2D eigenvalue weighted by Crippen LogP contribution is -2.11. The van der Waals surface area contributed by atoms with Gasteiger partial charge in [-0.15, -0.1) is 0 Å². The van der Waals surface area contributed by atoms with E-state index in [2.05, 4.69) is 5.32 Å². The zero-order valence-corrected chi connectivity index (χ0v) is 9.90. The van der Waals surface area contributed by atoms with E-state index in [-0.39, 0.29) is 5.82 Å². The van der Waals surface area contributed by atoms with Crippen LogP contribution in [0.5, 0.6) is 5.75 Å². The van der Waals surface area contributed by atoms with Gasteiger partial charge in [0.05, 0.1) is 0 Å². The molecule has 2 rings (SSSR count). The molecule has 0 saturated carbocycles. The van der Waals surface area contributed by atoms with Crippen LogP contribution in [0.15, 0.2) is 48.5 Å². The number of anilines is 2. The maximum atomic E-state index is 13.1. The summed E-state index contributed by atoms with van der Waals surface area (Å²) in [7, 11) is 0. The summed E-state index contributed by atoms with van der Waals surface area (Å²) in [6.07, 6.45) is 0. The fourth-order valence-corrected chi connectivity index (χ4v) is 1.60. The van der Waals surface area contributed by atoms with Gasteiger partial charge < -0.3 is 15.8 Å². The summed E-state index contributed by atoms with van der Waals surface area (Å²) in [4.78, 5) is 0. The number of nitrogens with two attached hydrogens (primary N) is 1. The summed E-state index contributed by atoms with van der Waals surface area (Å²) in [6.45, 7) is 1.08. The zero-order chi connectivity index (χ0) is 12.8. The Morgan fingerprint density at radius 2 is 1.89 bits per heavy atom. The molecular weight excluding hydrogens is 231 g/mol. The molecule has 18 heavy (non-hydrogen) atoms. The van der Waals surface area contributed by atoms with E-state index in [0.717, 1.165) is 5.75 Å². The van der Waals surface area contributed by atoms with E-state index in [4.69, 9.17) is 10.5 Å². The maximum absolute atomic E-state index is 13.1. The first kappa shape index (κ1) is 12.2. The van der Waals surface area contributed by atoms with Gasteiger partial charge >= 0.3 is 0 Å².